The molecule has 4 heteroatoms. The predicted molar refractivity (Wildman–Crippen MR) is 66.5 cm³/mol. The van der Waals surface area contributed by atoms with Crippen LogP contribution in [0.1, 0.15) is 41.5 Å². The maximum atomic E-state index is 12.6. The zero-order valence-corrected chi connectivity index (χ0v) is 11.8. The molecule has 1 amide bonds. The van der Waals surface area contributed by atoms with Crippen molar-refractivity contribution in [3.8, 4) is 0 Å². The molecule has 2 fully saturated rings. The first kappa shape index (κ1) is 12.8. The number of β-lactam (4-membered cyclic amide) rings is 1. The van der Waals surface area contributed by atoms with Crippen molar-refractivity contribution in [2.24, 2.45) is 5.41 Å². The first-order valence-corrected chi connectivity index (χ1v) is 6.39. The van der Waals surface area contributed by atoms with Crippen LogP contribution in [-0.4, -0.2) is 41.3 Å². The zero-order chi connectivity index (χ0) is 13.1. The van der Waals surface area contributed by atoms with Gasteiger partial charge in [0.25, 0.3) is 5.91 Å². The van der Waals surface area contributed by atoms with Crippen LogP contribution in [0.2, 0.25) is 0 Å². The van der Waals surface area contributed by atoms with E-state index in [9.17, 15) is 4.79 Å². The van der Waals surface area contributed by atoms with Gasteiger partial charge in [-0.25, -0.2) is 0 Å². The van der Waals surface area contributed by atoms with Gasteiger partial charge < -0.3 is 9.64 Å². The van der Waals surface area contributed by atoms with Crippen LogP contribution in [0.25, 0.3) is 0 Å². The molecule has 2 aliphatic rings. The monoisotopic (exact) mass is 240 g/mol. The van der Waals surface area contributed by atoms with Gasteiger partial charge in [-0.05, 0) is 20.8 Å². The molecule has 4 nitrogen and oxygen atoms in total. The molecule has 17 heavy (non-hydrogen) atoms. The van der Waals surface area contributed by atoms with Gasteiger partial charge in [0, 0.05) is 18.6 Å². The van der Waals surface area contributed by atoms with E-state index in [0.29, 0.717) is 6.61 Å². The molecule has 98 valence electrons. The number of nitrogens with zero attached hydrogens (tertiary/aromatic N) is 1. The Hall–Kier alpha value is -0.610. The third-order valence-corrected chi connectivity index (χ3v) is 4.05. The van der Waals surface area contributed by atoms with Crippen molar-refractivity contribution in [2.75, 3.05) is 13.2 Å². The normalized spacial score (nSPS) is 35.8. The molecule has 0 radical (unpaired) electrons. The van der Waals surface area contributed by atoms with Gasteiger partial charge in [0.05, 0.1) is 5.54 Å². The van der Waals surface area contributed by atoms with E-state index in [1.54, 1.807) is 0 Å². The predicted octanol–water partition coefficient (Wildman–Crippen LogP) is 1.36. The first-order chi connectivity index (χ1) is 7.68. The van der Waals surface area contributed by atoms with Crippen LogP contribution in [0, 0.1) is 5.41 Å². The Morgan fingerprint density at radius 3 is 2.53 bits per heavy atom. The molecule has 0 aliphatic carbocycles. The fraction of sp³-hybridized carbons (Fsp3) is 0.923. The maximum Gasteiger partial charge on any atom is 0.260 e. The molecule has 0 spiro atoms. The van der Waals surface area contributed by atoms with Gasteiger partial charge in [0.15, 0.2) is 5.60 Å². The summed E-state index contributed by atoms with van der Waals surface area (Å²) < 4.78 is 5.90. The number of nitrogens with one attached hydrogen (secondary N) is 1. The van der Waals surface area contributed by atoms with Crippen molar-refractivity contribution in [3.63, 3.8) is 0 Å². The third-order valence-electron chi connectivity index (χ3n) is 4.05. The molecule has 1 N–H and O–H groups in total. The third kappa shape index (κ3) is 1.40. The fourth-order valence-corrected chi connectivity index (χ4v) is 3.14. The number of fused-ring (bicyclic) bond motifs is 1. The van der Waals surface area contributed by atoms with Gasteiger partial charge in [-0.3, -0.25) is 10.1 Å². The number of rotatable bonds is 2. The maximum absolute atomic E-state index is 12.6. The Balaban J connectivity index is 2.37. The lowest BCUT2D eigenvalue weighted by atomic mass is 9.67. The van der Waals surface area contributed by atoms with Gasteiger partial charge in [-0.1, -0.05) is 20.8 Å². The van der Waals surface area contributed by atoms with Gasteiger partial charge in [-0.2, -0.15) is 0 Å². The fourth-order valence-electron chi connectivity index (χ4n) is 3.14. The lowest BCUT2D eigenvalue weighted by Gasteiger charge is -2.60. The number of amides is 1. The van der Waals surface area contributed by atoms with Crippen LogP contribution < -0.4 is 5.32 Å². The van der Waals surface area contributed by atoms with Crippen molar-refractivity contribution in [3.05, 3.63) is 0 Å². The molecule has 0 bridgehead atoms. The van der Waals surface area contributed by atoms with Crippen LogP contribution in [0.15, 0.2) is 0 Å². The second-order valence-corrected chi connectivity index (χ2v) is 6.69. The van der Waals surface area contributed by atoms with Crippen LogP contribution in [0.4, 0.5) is 0 Å². The molecule has 0 unspecified atom stereocenters. The van der Waals surface area contributed by atoms with E-state index in [4.69, 9.17) is 4.74 Å². The molecule has 2 aliphatic heterocycles. The topological polar surface area (TPSA) is 41.6 Å². The summed E-state index contributed by atoms with van der Waals surface area (Å²) in [5, 5.41) is 3.44. The van der Waals surface area contributed by atoms with Crippen LogP contribution >= 0.6 is 0 Å². The summed E-state index contributed by atoms with van der Waals surface area (Å²) >= 11 is 0. The summed E-state index contributed by atoms with van der Waals surface area (Å²) in [4.78, 5) is 14.5. The summed E-state index contributed by atoms with van der Waals surface area (Å²) in [7, 11) is 0. The molecule has 2 rings (SSSR count). The van der Waals surface area contributed by atoms with E-state index >= 15 is 0 Å². The number of ether oxygens (including phenoxy) is 1. The Morgan fingerprint density at radius 1 is 1.47 bits per heavy atom. The van der Waals surface area contributed by atoms with Crippen LogP contribution in [0.3, 0.4) is 0 Å². The minimum absolute atomic E-state index is 0.0185. The number of carbonyl (C=O) groups is 1. The lowest BCUT2D eigenvalue weighted by molar-refractivity contribution is -0.235. The van der Waals surface area contributed by atoms with E-state index in [1.807, 2.05) is 11.8 Å². The molecule has 0 aromatic heterocycles. The van der Waals surface area contributed by atoms with Crippen LogP contribution in [0.5, 0.6) is 0 Å². The molecule has 2 heterocycles. The van der Waals surface area contributed by atoms with E-state index in [-0.39, 0.29) is 23.0 Å². The summed E-state index contributed by atoms with van der Waals surface area (Å²) in [6.07, 6.45) is 0.0185. The standard InChI is InChI=1S/C13H24N2O2/c1-7-17-13(11(2,3)4)9-14-8-12(5,6)15(9)10(13)16/h9,14H,7-8H2,1-6H3/t9-,13+/m0/s1. The Morgan fingerprint density at radius 2 is 2.06 bits per heavy atom. The van der Waals surface area contributed by atoms with Crippen molar-refractivity contribution < 1.29 is 9.53 Å². The van der Waals surface area contributed by atoms with E-state index in [0.717, 1.165) is 6.54 Å². The summed E-state index contributed by atoms with van der Waals surface area (Å²) in [5.41, 5.74) is -1.00. The molecule has 0 aromatic rings. The highest BCUT2D eigenvalue weighted by Gasteiger charge is 2.72. The summed E-state index contributed by atoms with van der Waals surface area (Å²) in [5.74, 6) is 0.131. The van der Waals surface area contributed by atoms with Gasteiger partial charge >= 0.3 is 0 Å². The second-order valence-electron chi connectivity index (χ2n) is 6.69. The highest BCUT2D eigenvalue weighted by Crippen LogP contribution is 2.51. The molecule has 2 saturated heterocycles. The minimum atomic E-state index is -0.699. The highest BCUT2D eigenvalue weighted by atomic mass is 16.5. The van der Waals surface area contributed by atoms with Gasteiger partial charge in [0.1, 0.15) is 6.17 Å². The quantitative estimate of drug-likeness (QED) is 0.741. The van der Waals surface area contributed by atoms with Crippen molar-refractivity contribution in [2.45, 2.75) is 58.8 Å². The van der Waals surface area contributed by atoms with Crippen molar-refractivity contribution >= 4 is 5.91 Å². The van der Waals surface area contributed by atoms with Crippen molar-refractivity contribution in [1.82, 2.24) is 10.2 Å². The Labute approximate surface area is 104 Å². The molecule has 0 aromatic carbocycles. The number of hydrogen-bond acceptors (Lipinski definition) is 3. The molecular weight excluding hydrogens is 216 g/mol. The smallest absolute Gasteiger partial charge is 0.260 e. The zero-order valence-electron chi connectivity index (χ0n) is 11.8. The summed E-state index contributed by atoms with van der Waals surface area (Å²) in [6, 6.07) is 0. The van der Waals surface area contributed by atoms with Crippen LogP contribution in [-0.2, 0) is 9.53 Å². The van der Waals surface area contributed by atoms with Gasteiger partial charge in [-0.15, -0.1) is 0 Å². The summed E-state index contributed by atoms with van der Waals surface area (Å²) in [6.45, 7) is 13.8. The van der Waals surface area contributed by atoms with E-state index in [2.05, 4.69) is 39.9 Å². The molecule has 0 saturated carbocycles. The highest BCUT2D eigenvalue weighted by molar-refractivity contribution is 5.95. The largest absolute Gasteiger partial charge is 0.361 e. The minimum Gasteiger partial charge on any atom is -0.361 e. The number of carbonyl (C=O) groups excluding carboxylic acids is 1. The van der Waals surface area contributed by atoms with E-state index in [1.165, 1.54) is 0 Å². The first-order valence-electron chi connectivity index (χ1n) is 6.39. The lowest BCUT2D eigenvalue weighted by Crippen LogP contribution is -2.82. The Bertz CT molecular complexity index is 346. The SMILES string of the molecule is CCO[C@@]1(C(C)(C)C)C(=O)N2[C@@H]1NCC2(C)C. The second kappa shape index (κ2) is 3.45. The van der Waals surface area contributed by atoms with E-state index < -0.39 is 5.60 Å². The molecule has 2 atom stereocenters. The van der Waals surface area contributed by atoms with Crippen molar-refractivity contribution in [1.29, 1.82) is 0 Å². The average Bonchev–Trinajstić information content (AvgIpc) is 2.44. The Kier molecular flexibility index (Phi) is 2.61. The average molecular weight is 240 g/mol. The number of hydrogen-bond donors (Lipinski definition) is 1. The van der Waals surface area contributed by atoms with Gasteiger partial charge in [0.2, 0.25) is 0 Å². The molecular formula is C13H24N2O2.